The second kappa shape index (κ2) is 3.75. The Morgan fingerprint density at radius 3 is 1.53 bits per heavy atom. The summed E-state index contributed by atoms with van der Waals surface area (Å²) >= 11 is 0. The molecule has 84 valence electrons. The molecular weight excluding hydrogens is 200 g/mol. The Labute approximate surface area is 87.0 Å². The summed E-state index contributed by atoms with van der Waals surface area (Å²) in [7, 11) is 0. The summed E-state index contributed by atoms with van der Waals surface area (Å²) in [5.74, 6) is 0.157. The first-order chi connectivity index (χ1) is 7.09. The molecule has 0 aromatic heterocycles. The van der Waals surface area contributed by atoms with Crippen LogP contribution in [0.2, 0.25) is 0 Å². The summed E-state index contributed by atoms with van der Waals surface area (Å²) in [5, 5.41) is 21.5. The first-order valence-electron chi connectivity index (χ1n) is 5.36. The van der Waals surface area contributed by atoms with Gasteiger partial charge in [-0.3, -0.25) is 20.2 Å². The molecule has 0 amide bonds. The predicted octanol–water partition coefficient (Wildman–Crippen LogP) is 1.49. The molecule has 2 aliphatic rings. The Balaban J connectivity index is 2.05. The van der Waals surface area contributed by atoms with Crippen molar-refractivity contribution in [2.24, 2.45) is 11.8 Å². The van der Waals surface area contributed by atoms with Crippen molar-refractivity contribution < 1.29 is 9.85 Å². The van der Waals surface area contributed by atoms with Crippen molar-refractivity contribution in [3.63, 3.8) is 0 Å². The maximum atomic E-state index is 10.7. The Hall–Kier alpha value is -1.20. The number of nitro groups is 2. The first-order valence-corrected chi connectivity index (χ1v) is 5.36. The summed E-state index contributed by atoms with van der Waals surface area (Å²) < 4.78 is 0. The molecule has 0 aliphatic heterocycles. The quantitative estimate of drug-likeness (QED) is 0.514. The average molecular weight is 214 g/mol. The highest BCUT2D eigenvalue weighted by Gasteiger charge is 2.47. The predicted molar refractivity (Wildman–Crippen MR) is 51.6 cm³/mol. The summed E-state index contributed by atoms with van der Waals surface area (Å²) in [5.41, 5.74) is 0. The molecule has 6 heteroatoms. The molecule has 2 rings (SSSR count). The Morgan fingerprint density at radius 2 is 1.20 bits per heavy atom. The molecule has 2 saturated carbocycles. The molecule has 2 aliphatic carbocycles. The van der Waals surface area contributed by atoms with E-state index in [0.717, 1.165) is 0 Å². The SMILES string of the molecule is O=[N+]([O-])[C@@H]1CC[C@H]2C[C@@H]1CC[C@H]2[N+](=O)[O-]. The van der Waals surface area contributed by atoms with Gasteiger partial charge in [-0.2, -0.15) is 0 Å². The van der Waals surface area contributed by atoms with E-state index in [4.69, 9.17) is 0 Å². The Bertz CT molecular complexity index is 266. The van der Waals surface area contributed by atoms with Gasteiger partial charge in [-0.1, -0.05) is 0 Å². The number of hydrogen-bond acceptors (Lipinski definition) is 4. The van der Waals surface area contributed by atoms with Gasteiger partial charge in [-0.25, -0.2) is 0 Å². The molecule has 2 bridgehead atoms. The van der Waals surface area contributed by atoms with Gasteiger partial charge in [0.15, 0.2) is 0 Å². The smallest absolute Gasteiger partial charge is 0.215 e. The molecule has 0 aromatic rings. The second-order valence-corrected chi connectivity index (χ2v) is 4.62. The Morgan fingerprint density at radius 1 is 0.800 bits per heavy atom. The van der Waals surface area contributed by atoms with Gasteiger partial charge in [-0.05, 0) is 19.3 Å². The zero-order valence-electron chi connectivity index (χ0n) is 8.37. The fourth-order valence-corrected chi connectivity index (χ4v) is 3.12. The Kier molecular flexibility index (Phi) is 2.58. The molecule has 0 heterocycles. The van der Waals surface area contributed by atoms with Gasteiger partial charge in [0.1, 0.15) is 0 Å². The fraction of sp³-hybridized carbons (Fsp3) is 1.00. The molecule has 15 heavy (non-hydrogen) atoms. The lowest BCUT2D eigenvalue weighted by Crippen LogP contribution is -2.45. The van der Waals surface area contributed by atoms with Gasteiger partial charge in [0.25, 0.3) is 0 Å². The number of nitrogens with zero attached hydrogens (tertiary/aromatic N) is 2. The lowest BCUT2D eigenvalue weighted by atomic mass is 9.68. The summed E-state index contributed by atoms with van der Waals surface area (Å²) in [6.45, 7) is 0. The molecule has 0 N–H and O–H groups in total. The van der Waals surface area contributed by atoms with Gasteiger partial charge in [0, 0.05) is 34.5 Å². The van der Waals surface area contributed by atoms with Crippen LogP contribution in [-0.2, 0) is 0 Å². The van der Waals surface area contributed by atoms with Gasteiger partial charge >= 0.3 is 0 Å². The average Bonchev–Trinajstić information content (AvgIpc) is 2.17. The standard InChI is InChI=1S/C9H14N2O4/c12-10(13)8-3-1-6-5-7(8)2-4-9(6)11(14)15/h6-9H,1-5H2/t6-,7-,8+,9+/m0/s1. The highest BCUT2D eigenvalue weighted by molar-refractivity contribution is 4.88. The van der Waals surface area contributed by atoms with Crippen LogP contribution in [0.15, 0.2) is 0 Å². The largest absolute Gasteiger partial charge is 0.264 e. The van der Waals surface area contributed by atoms with Crippen LogP contribution in [0.3, 0.4) is 0 Å². The minimum absolute atomic E-state index is 0.0787. The highest BCUT2D eigenvalue weighted by atomic mass is 16.6. The molecule has 0 aromatic carbocycles. The highest BCUT2D eigenvalue weighted by Crippen LogP contribution is 2.41. The van der Waals surface area contributed by atoms with Gasteiger partial charge in [0.05, 0.1) is 0 Å². The van der Waals surface area contributed by atoms with Crippen LogP contribution in [0.1, 0.15) is 32.1 Å². The van der Waals surface area contributed by atoms with Gasteiger partial charge in [0.2, 0.25) is 12.1 Å². The third kappa shape index (κ3) is 1.80. The van der Waals surface area contributed by atoms with Crippen LogP contribution < -0.4 is 0 Å². The second-order valence-electron chi connectivity index (χ2n) is 4.62. The molecule has 0 unspecified atom stereocenters. The van der Waals surface area contributed by atoms with E-state index < -0.39 is 12.1 Å². The minimum Gasteiger partial charge on any atom is -0.264 e. The molecule has 0 spiro atoms. The zero-order chi connectivity index (χ0) is 11.0. The van der Waals surface area contributed by atoms with E-state index in [-0.39, 0.29) is 21.7 Å². The van der Waals surface area contributed by atoms with Crippen molar-refractivity contribution in [1.82, 2.24) is 0 Å². The van der Waals surface area contributed by atoms with Crippen molar-refractivity contribution in [1.29, 1.82) is 0 Å². The van der Waals surface area contributed by atoms with Crippen LogP contribution in [0.4, 0.5) is 0 Å². The summed E-state index contributed by atoms with van der Waals surface area (Å²) in [6.07, 6.45) is 3.01. The van der Waals surface area contributed by atoms with Crippen molar-refractivity contribution in [3.8, 4) is 0 Å². The molecule has 2 fully saturated rings. The van der Waals surface area contributed by atoms with E-state index in [1.165, 1.54) is 0 Å². The number of fused-ring (bicyclic) bond motifs is 2. The summed E-state index contributed by atoms with van der Waals surface area (Å²) in [6, 6.07) is -0.900. The van der Waals surface area contributed by atoms with E-state index in [2.05, 4.69) is 0 Å². The third-order valence-corrected chi connectivity index (χ3v) is 3.90. The van der Waals surface area contributed by atoms with Crippen LogP contribution in [0.5, 0.6) is 0 Å². The van der Waals surface area contributed by atoms with Crippen LogP contribution in [0.25, 0.3) is 0 Å². The van der Waals surface area contributed by atoms with Gasteiger partial charge in [-0.15, -0.1) is 0 Å². The van der Waals surface area contributed by atoms with E-state index in [0.29, 0.717) is 32.1 Å². The molecule has 0 saturated heterocycles. The lowest BCUT2D eigenvalue weighted by Gasteiger charge is -2.36. The molecular formula is C9H14N2O4. The molecule has 4 atom stereocenters. The van der Waals surface area contributed by atoms with Crippen LogP contribution >= 0.6 is 0 Å². The van der Waals surface area contributed by atoms with E-state index >= 15 is 0 Å². The van der Waals surface area contributed by atoms with Crippen LogP contribution in [-0.4, -0.2) is 21.9 Å². The van der Waals surface area contributed by atoms with Crippen molar-refractivity contribution in [3.05, 3.63) is 20.2 Å². The molecule has 6 nitrogen and oxygen atoms in total. The normalized spacial score (nSPS) is 39.7. The minimum atomic E-state index is -0.450. The number of rotatable bonds is 2. The zero-order valence-corrected chi connectivity index (χ0v) is 8.37. The maximum absolute atomic E-state index is 10.7. The van der Waals surface area contributed by atoms with E-state index in [1.54, 1.807) is 0 Å². The lowest BCUT2D eigenvalue weighted by molar-refractivity contribution is -0.558. The first kappa shape index (κ1) is 10.3. The van der Waals surface area contributed by atoms with Crippen LogP contribution in [0, 0.1) is 32.1 Å². The number of hydrogen-bond donors (Lipinski definition) is 0. The fourth-order valence-electron chi connectivity index (χ4n) is 3.12. The third-order valence-electron chi connectivity index (χ3n) is 3.90. The maximum Gasteiger partial charge on any atom is 0.215 e. The molecule has 0 radical (unpaired) electrons. The van der Waals surface area contributed by atoms with E-state index in [1.807, 2.05) is 0 Å². The van der Waals surface area contributed by atoms with Crippen molar-refractivity contribution >= 4 is 0 Å². The van der Waals surface area contributed by atoms with Crippen molar-refractivity contribution in [2.45, 2.75) is 44.2 Å². The van der Waals surface area contributed by atoms with E-state index in [9.17, 15) is 20.2 Å². The topological polar surface area (TPSA) is 86.3 Å². The van der Waals surface area contributed by atoms with Crippen molar-refractivity contribution in [2.75, 3.05) is 0 Å². The van der Waals surface area contributed by atoms with Gasteiger partial charge < -0.3 is 0 Å². The monoisotopic (exact) mass is 214 g/mol. The summed E-state index contributed by atoms with van der Waals surface area (Å²) in [4.78, 5) is 21.1.